The van der Waals surface area contributed by atoms with Crippen LogP contribution in [-0.4, -0.2) is 12.7 Å². The first-order valence-electron chi connectivity index (χ1n) is 7.10. The van der Waals surface area contributed by atoms with Crippen LogP contribution in [0.2, 0.25) is 0 Å². The van der Waals surface area contributed by atoms with Crippen LogP contribution in [0.3, 0.4) is 0 Å². The Kier molecular flexibility index (Phi) is 5.38. The number of hydrogen-bond donors (Lipinski definition) is 0. The Labute approximate surface area is 115 Å². The molecule has 1 aromatic rings. The zero-order valence-corrected chi connectivity index (χ0v) is 11.5. The Morgan fingerprint density at radius 2 is 2.05 bits per heavy atom. The van der Waals surface area contributed by atoms with Crippen LogP contribution in [0.4, 0.5) is 0 Å². The van der Waals surface area contributed by atoms with Crippen LogP contribution in [0, 0.1) is 11.3 Å². The van der Waals surface area contributed by atoms with Crippen LogP contribution >= 0.6 is 0 Å². The summed E-state index contributed by atoms with van der Waals surface area (Å²) in [4.78, 5) is 0. The molecular formula is C16H21NO2. The fourth-order valence-electron chi connectivity index (χ4n) is 2.31. The van der Waals surface area contributed by atoms with Crippen molar-refractivity contribution in [2.75, 3.05) is 6.61 Å². The van der Waals surface area contributed by atoms with Gasteiger partial charge in [-0.25, -0.2) is 0 Å². The Hall–Kier alpha value is -1.37. The summed E-state index contributed by atoms with van der Waals surface area (Å²) in [5.74, 6) is 0. The molecule has 1 aliphatic heterocycles. The predicted octanol–water partition coefficient (Wildman–Crippen LogP) is 3.94. The van der Waals surface area contributed by atoms with E-state index in [-0.39, 0.29) is 6.29 Å². The lowest BCUT2D eigenvalue weighted by molar-refractivity contribution is -0.218. The largest absolute Gasteiger partial charge is 0.348 e. The van der Waals surface area contributed by atoms with E-state index in [9.17, 15) is 0 Å². The summed E-state index contributed by atoms with van der Waals surface area (Å²) in [5, 5.41) is 8.79. The van der Waals surface area contributed by atoms with Crippen LogP contribution in [0.25, 0.3) is 0 Å². The third kappa shape index (κ3) is 4.05. The second-order valence-electron chi connectivity index (χ2n) is 4.98. The predicted molar refractivity (Wildman–Crippen MR) is 73.5 cm³/mol. The Morgan fingerprint density at radius 1 is 1.26 bits per heavy atom. The second-order valence-corrected chi connectivity index (χ2v) is 4.98. The molecule has 1 heterocycles. The highest BCUT2D eigenvalue weighted by Gasteiger charge is 2.23. The molecule has 0 aliphatic carbocycles. The summed E-state index contributed by atoms with van der Waals surface area (Å²) >= 11 is 0. The van der Waals surface area contributed by atoms with Gasteiger partial charge >= 0.3 is 0 Å². The second kappa shape index (κ2) is 7.28. The van der Waals surface area contributed by atoms with Gasteiger partial charge in [-0.05, 0) is 25.0 Å². The number of nitriles is 1. The standard InChI is InChI=1S/C16H21NO2/c1-2-3-4-5-15-10-11-18-16(19-15)14-8-6-13(12-17)7-9-14/h6-9,15-16H,2-5,10-11H2,1H3. The van der Waals surface area contributed by atoms with E-state index in [1.165, 1.54) is 19.3 Å². The van der Waals surface area contributed by atoms with Crippen molar-refractivity contribution in [1.29, 1.82) is 5.26 Å². The van der Waals surface area contributed by atoms with Crippen LogP contribution in [0.15, 0.2) is 24.3 Å². The molecule has 2 unspecified atom stereocenters. The van der Waals surface area contributed by atoms with Crippen molar-refractivity contribution in [1.82, 2.24) is 0 Å². The minimum atomic E-state index is -0.270. The average molecular weight is 259 g/mol. The summed E-state index contributed by atoms with van der Waals surface area (Å²) < 4.78 is 11.7. The SMILES string of the molecule is CCCCCC1CCOC(c2ccc(C#N)cc2)O1. The van der Waals surface area contributed by atoms with Gasteiger partial charge in [-0.1, -0.05) is 38.3 Å². The van der Waals surface area contributed by atoms with Gasteiger partial charge in [0.1, 0.15) is 0 Å². The normalized spacial score (nSPS) is 22.9. The zero-order valence-electron chi connectivity index (χ0n) is 11.5. The van der Waals surface area contributed by atoms with Crippen molar-refractivity contribution in [3.63, 3.8) is 0 Å². The fourth-order valence-corrected chi connectivity index (χ4v) is 2.31. The van der Waals surface area contributed by atoms with Crippen LogP contribution in [0.1, 0.15) is 56.4 Å². The summed E-state index contributed by atoms with van der Waals surface area (Å²) in [6.07, 6.45) is 5.86. The first kappa shape index (κ1) is 14.0. The highest BCUT2D eigenvalue weighted by Crippen LogP contribution is 2.28. The molecule has 3 heteroatoms. The van der Waals surface area contributed by atoms with E-state index in [1.54, 1.807) is 0 Å². The van der Waals surface area contributed by atoms with Gasteiger partial charge in [0.15, 0.2) is 6.29 Å². The summed E-state index contributed by atoms with van der Waals surface area (Å²) in [7, 11) is 0. The molecule has 0 spiro atoms. The molecule has 1 aromatic carbocycles. The van der Waals surface area contributed by atoms with Gasteiger partial charge in [-0.3, -0.25) is 0 Å². The van der Waals surface area contributed by atoms with Crippen molar-refractivity contribution < 1.29 is 9.47 Å². The quantitative estimate of drug-likeness (QED) is 0.752. The van der Waals surface area contributed by atoms with E-state index in [1.807, 2.05) is 24.3 Å². The van der Waals surface area contributed by atoms with Gasteiger partial charge in [0.05, 0.1) is 24.3 Å². The maximum absolute atomic E-state index is 8.79. The molecule has 2 atom stereocenters. The topological polar surface area (TPSA) is 42.2 Å². The number of ether oxygens (including phenoxy) is 2. The molecule has 0 bridgehead atoms. The first-order chi connectivity index (χ1) is 9.33. The molecule has 0 saturated carbocycles. The molecule has 1 fully saturated rings. The third-order valence-corrected chi connectivity index (χ3v) is 3.47. The lowest BCUT2D eigenvalue weighted by Crippen LogP contribution is -2.26. The van der Waals surface area contributed by atoms with Gasteiger partial charge in [-0.15, -0.1) is 0 Å². The zero-order chi connectivity index (χ0) is 13.5. The van der Waals surface area contributed by atoms with Crippen molar-refractivity contribution >= 4 is 0 Å². The molecule has 0 amide bonds. The number of benzene rings is 1. The first-order valence-corrected chi connectivity index (χ1v) is 7.10. The van der Waals surface area contributed by atoms with E-state index in [0.717, 1.165) is 25.0 Å². The van der Waals surface area contributed by atoms with Crippen molar-refractivity contribution in [2.45, 2.75) is 51.4 Å². The lowest BCUT2D eigenvalue weighted by atomic mass is 10.1. The summed E-state index contributed by atoms with van der Waals surface area (Å²) in [6, 6.07) is 9.56. The molecule has 19 heavy (non-hydrogen) atoms. The monoisotopic (exact) mass is 259 g/mol. The van der Waals surface area contributed by atoms with Gasteiger partial charge < -0.3 is 9.47 Å². The molecule has 1 aliphatic rings. The smallest absolute Gasteiger partial charge is 0.184 e. The third-order valence-electron chi connectivity index (χ3n) is 3.47. The van der Waals surface area contributed by atoms with Crippen LogP contribution < -0.4 is 0 Å². The summed E-state index contributed by atoms with van der Waals surface area (Å²) in [6.45, 7) is 2.96. The molecule has 102 valence electrons. The number of rotatable bonds is 5. The highest BCUT2D eigenvalue weighted by molar-refractivity contribution is 5.32. The van der Waals surface area contributed by atoms with E-state index >= 15 is 0 Å². The Balaban J connectivity index is 1.90. The molecule has 1 saturated heterocycles. The molecular weight excluding hydrogens is 238 g/mol. The van der Waals surface area contributed by atoms with E-state index in [0.29, 0.717) is 11.7 Å². The lowest BCUT2D eigenvalue weighted by Gasteiger charge is -2.30. The van der Waals surface area contributed by atoms with Crippen molar-refractivity contribution in [3.05, 3.63) is 35.4 Å². The molecule has 0 radical (unpaired) electrons. The van der Waals surface area contributed by atoms with E-state index in [2.05, 4.69) is 13.0 Å². The maximum Gasteiger partial charge on any atom is 0.184 e. The molecule has 0 aromatic heterocycles. The minimum absolute atomic E-state index is 0.270. The van der Waals surface area contributed by atoms with Crippen molar-refractivity contribution in [2.24, 2.45) is 0 Å². The number of hydrogen-bond acceptors (Lipinski definition) is 3. The van der Waals surface area contributed by atoms with Gasteiger partial charge in [-0.2, -0.15) is 5.26 Å². The summed E-state index contributed by atoms with van der Waals surface area (Å²) in [5.41, 5.74) is 1.67. The van der Waals surface area contributed by atoms with Gasteiger partial charge in [0, 0.05) is 5.56 Å². The van der Waals surface area contributed by atoms with Gasteiger partial charge in [0.25, 0.3) is 0 Å². The molecule has 0 N–H and O–H groups in total. The molecule has 2 rings (SSSR count). The Bertz CT molecular complexity index is 421. The highest BCUT2D eigenvalue weighted by atomic mass is 16.7. The number of unbranched alkanes of at least 4 members (excludes halogenated alkanes) is 2. The van der Waals surface area contributed by atoms with E-state index < -0.39 is 0 Å². The molecule has 3 nitrogen and oxygen atoms in total. The fraction of sp³-hybridized carbons (Fsp3) is 0.562. The maximum atomic E-state index is 8.79. The van der Waals surface area contributed by atoms with Crippen LogP contribution in [-0.2, 0) is 9.47 Å². The van der Waals surface area contributed by atoms with Crippen molar-refractivity contribution in [3.8, 4) is 6.07 Å². The number of nitrogens with zero attached hydrogens (tertiary/aromatic N) is 1. The Morgan fingerprint density at radius 3 is 2.74 bits per heavy atom. The van der Waals surface area contributed by atoms with Crippen LogP contribution in [0.5, 0.6) is 0 Å². The van der Waals surface area contributed by atoms with E-state index in [4.69, 9.17) is 14.7 Å². The van der Waals surface area contributed by atoms with Gasteiger partial charge in [0.2, 0.25) is 0 Å². The minimum Gasteiger partial charge on any atom is -0.348 e. The average Bonchev–Trinajstić information content (AvgIpc) is 2.48.